The van der Waals surface area contributed by atoms with E-state index in [2.05, 4.69) is 20.4 Å². The molecule has 10 nitrogen and oxygen atoms in total. The predicted octanol–water partition coefficient (Wildman–Crippen LogP) is 1.98. The van der Waals surface area contributed by atoms with E-state index in [9.17, 15) is 10.1 Å². The normalized spacial score (nSPS) is 11.1. The summed E-state index contributed by atoms with van der Waals surface area (Å²) in [6.45, 7) is 1.29. The maximum atomic E-state index is 10.8. The summed E-state index contributed by atoms with van der Waals surface area (Å²) in [5.41, 5.74) is 1.06. The largest absolute Gasteiger partial charge is 0.433 e. The van der Waals surface area contributed by atoms with E-state index >= 15 is 0 Å². The van der Waals surface area contributed by atoms with Crippen LogP contribution in [0.4, 0.5) is 11.7 Å². The van der Waals surface area contributed by atoms with Crippen LogP contribution in [0.3, 0.4) is 0 Å². The average Bonchev–Trinajstić information content (AvgIpc) is 3.17. The molecule has 3 heterocycles. The van der Waals surface area contributed by atoms with Crippen LogP contribution < -0.4 is 5.32 Å². The molecule has 24 heavy (non-hydrogen) atoms. The minimum atomic E-state index is -0.588. The van der Waals surface area contributed by atoms with Gasteiger partial charge in [0.2, 0.25) is 0 Å². The number of hydrogen-bond acceptors (Lipinski definition) is 8. The molecule has 0 saturated carbocycles. The molecule has 1 N–H and O–H groups in total. The van der Waals surface area contributed by atoms with Gasteiger partial charge in [0.05, 0.1) is 11.5 Å². The van der Waals surface area contributed by atoms with Crippen molar-refractivity contribution in [1.82, 2.24) is 19.7 Å². The van der Waals surface area contributed by atoms with Gasteiger partial charge in [0.1, 0.15) is 22.8 Å². The van der Waals surface area contributed by atoms with Crippen LogP contribution in [0, 0.1) is 10.1 Å². The van der Waals surface area contributed by atoms with Crippen LogP contribution in [-0.4, -0.2) is 44.9 Å². The number of ether oxygens (including phenoxy) is 1. The van der Waals surface area contributed by atoms with Crippen molar-refractivity contribution in [3.63, 3.8) is 0 Å². The molecule has 0 aliphatic carbocycles. The summed E-state index contributed by atoms with van der Waals surface area (Å²) < 4.78 is 11.9. The molecule has 0 fully saturated rings. The highest BCUT2D eigenvalue weighted by Crippen LogP contribution is 2.33. The molecule has 0 amide bonds. The number of aromatic nitrogens is 4. The summed E-state index contributed by atoms with van der Waals surface area (Å²) in [5.74, 6) is 0.551. The van der Waals surface area contributed by atoms with Crippen molar-refractivity contribution < 1.29 is 14.1 Å². The van der Waals surface area contributed by atoms with Crippen LogP contribution in [0.1, 0.15) is 6.42 Å². The fraction of sp³-hybridized carbons (Fsp3) is 0.357. The topological polar surface area (TPSA) is 121 Å². The van der Waals surface area contributed by atoms with Crippen molar-refractivity contribution in [2.45, 2.75) is 6.42 Å². The molecule has 10 heteroatoms. The highest BCUT2D eigenvalue weighted by Gasteiger charge is 2.21. The van der Waals surface area contributed by atoms with E-state index in [0.717, 1.165) is 6.42 Å². The minimum Gasteiger partial charge on any atom is -0.399 e. The van der Waals surface area contributed by atoms with Gasteiger partial charge in [-0.15, -0.1) is 0 Å². The van der Waals surface area contributed by atoms with Crippen molar-refractivity contribution in [2.24, 2.45) is 7.05 Å². The fourth-order valence-electron chi connectivity index (χ4n) is 2.37. The second kappa shape index (κ2) is 6.62. The van der Waals surface area contributed by atoms with Gasteiger partial charge in [-0.3, -0.25) is 10.1 Å². The van der Waals surface area contributed by atoms with E-state index in [1.807, 2.05) is 0 Å². The molecule has 0 spiro atoms. The molecule has 0 aliphatic rings. The zero-order chi connectivity index (χ0) is 17.1. The maximum absolute atomic E-state index is 10.8. The van der Waals surface area contributed by atoms with Crippen molar-refractivity contribution in [3.05, 3.63) is 28.6 Å². The first-order chi connectivity index (χ1) is 11.6. The number of aryl methyl sites for hydroxylation is 1. The first-order valence-corrected chi connectivity index (χ1v) is 7.27. The molecule has 0 bridgehead atoms. The Bertz CT molecular complexity index is 871. The third-order valence-corrected chi connectivity index (χ3v) is 3.44. The Morgan fingerprint density at radius 2 is 2.25 bits per heavy atom. The zero-order valence-corrected chi connectivity index (χ0v) is 13.2. The molecule has 0 unspecified atom stereocenters. The Morgan fingerprint density at radius 1 is 1.42 bits per heavy atom. The van der Waals surface area contributed by atoms with E-state index in [4.69, 9.17) is 9.15 Å². The van der Waals surface area contributed by atoms with Gasteiger partial charge in [0.25, 0.3) is 0 Å². The minimum absolute atomic E-state index is 0.294. The van der Waals surface area contributed by atoms with Crippen LogP contribution >= 0.6 is 0 Å². The lowest BCUT2D eigenvalue weighted by molar-refractivity contribution is -0.401. The Hall–Kier alpha value is -3.01. The third kappa shape index (κ3) is 2.91. The van der Waals surface area contributed by atoms with Crippen LogP contribution in [-0.2, 0) is 11.8 Å². The maximum Gasteiger partial charge on any atom is 0.433 e. The SMILES string of the molecule is COCCCNc1ncnc2c1c(-c1ccc([N+](=O)[O-])o1)nn2C. The Labute approximate surface area is 136 Å². The lowest BCUT2D eigenvalue weighted by atomic mass is 10.2. The molecule has 0 aromatic carbocycles. The first kappa shape index (κ1) is 15.9. The van der Waals surface area contributed by atoms with Crippen LogP contribution in [0.15, 0.2) is 22.9 Å². The molecular weight excluding hydrogens is 316 g/mol. The molecule has 0 saturated heterocycles. The summed E-state index contributed by atoms with van der Waals surface area (Å²) >= 11 is 0. The summed E-state index contributed by atoms with van der Waals surface area (Å²) in [6.07, 6.45) is 2.25. The van der Waals surface area contributed by atoms with Gasteiger partial charge in [0.15, 0.2) is 11.4 Å². The number of rotatable bonds is 7. The number of fused-ring (bicyclic) bond motifs is 1. The summed E-state index contributed by atoms with van der Waals surface area (Å²) in [5, 5.41) is 19.1. The molecule has 0 radical (unpaired) electrons. The second-order valence-electron chi connectivity index (χ2n) is 5.06. The average molecular weight is 332 g/mol. The number of nitro groups is 1. The van der Waals surface area contributed by atoms with E-state index < -0.39 is 4.92 Å². The quantitative estimate of drug-likeness (QED) is 0.396. The standard InChI is InChI=1S/C14H16N6O4/c1-19-14-11(13(16-8-17-14)15-6-3-7-23-2)12(18-19)9-4-5-10(24-9)20(21)22/h4-5,8H,3,6-7H2,1-2H3,(H,15,16,17). The monoisotopic (exact) mass is 332 g/mol. The zero-order valence-electron chi connectivity index (χ0n) is 13.2. The summed E-state index contributed by atoms with van der Waals surface area (Å²) in [4.78, 5) is 18.7. The molecular formula is C14H16N6O4. The van der Waals surface area contributed by atoms with Gasteiger partial charge < -0.3 is 14.5 Å². The molecule has 0 atom stereocenters. The molecule has 3 rings (SSSR count). The van der Waals surface area contributed by atoms with E-state index in [1.165, 1.54) is 18.5 Å². The van der Waals surface area contributed by atoms with Crippen molar-refractivity contribution in [1.29, 1.82) is 0 Å². The van der Waals surface area contributed by atoms with Crippen LogP contribution in [0.2, 0.25) is 0 Å². The number of nitrogens with one attached hydrogen (secondary N) is 1. The number of methoxy groups -OCH3 is 1. The Kier molecular flexibility index (Phi) is 4.38. The Morgan fingerprint density at radius 3 is 2.96 bits per heavy atom. The highest BCUT2D eigenvalue weighted by atomic mass is 16.6. The van der Waals surface area contributed by atoms with E-state index in [1.54, 1.807) is 18.8 Å². The lowest BCUT2D eigenvalue weighted by Gasteiger charge is -2.06. The van der Waals surface area contributed by atoms with Gasteiger partial charge >= 0.3 is 5.88 Å². The van der Waals surface area contributed by atoms with Gasteiger partial charge in [-0.1, -0.05) is 0 Å². The number of anilines is 1. The number of furan rings is 1. The fourth-order valence-corrected chi connectivity index (χ4v) is 2.37. The summed E-state index contributed by atoms with van der Waals surface area (Å²) in [6, 6.07) is 2.81. The number of nitrogens with zero attached hydrogens (tertiary/aromatic N) is 5. The molecule has 0 aliphatic heterocycles. The lowest BCUT2D eigenvalue weighted by Crippen LogP contribution is -2.06. The van der Waals surface area contributed by atoms with Gasteiger partial charge in [-0.05, 0) is 12.5 Å². The highest BCUT2D eigenvalue weighted by molar-refractivity contribution is 5.98. The van der Waals surface area contributed by atoms with Crippen molar-refractivity contribution in [3.8, 4) is 11.5 Å². The second-order valence-corrected chi connectivity index (χ2v) is 5.06. The van der Waals surface area contributed by atoms with E-state index in [-0.39, 0.29) is 5.88 Å². The summed E-state index contributed by atoms with van der Waals surface area (Å²) in [7, 11) is 3.39. The Balaban J connectivity index is 2.02. The number of hydrogen-bond donors (Lipinski definition) is 1. The van der Waals surface area contributed by atoms with Crippen LogP contribution in [0.5, 0.6) is 0 Å². The molecule has 3 aromatic rings. The van der Waals surface area contributed by atoms with Crippen molar-refractivity contribution >= 4 is 22.7 Å². The van der Waals surface area contributed by atoms with Gasteiger partial charge in [-0.25, -0.2) is 14.6 Å². The molecule has 126 valence electrons. The van der Waals surface area contributed by atoms with Gasteiger partial charge in [0, 0.05) is 27.3 Å². The van der Waals surface area contributed by atoms with E-state index in [0.29, 0.717) is 41.5 Å². The van der Waals surface area contributed by atoms with Crippen molar-refractivity contribution in [2.75, 3.05) is 25.6 Å². The smallest absolute Gasteiger partial charge is 0.399 e. The predicted molar refractivity (Wildman–Crippen MR) is 85.6 cm³/mol. The van der Waals surface area contributed by atoms with Gasteiger partial charge in [-0.2, -0.15) is 5.10 Å². The first-order valence-electron chi connectivity index (χ1n) is 7.27. The third-order valence-electron chi connectivity index (χ3n) is 3.44. The van der Waals surface area contributed by atoms with Crippen LogP contribution in [0.25, 0.3) is 22.5 Å². The molecule has 3 aromatic heterocycles.